The molecule has 0 bridgehead atoms. The van der Waals surface area contributed by atoms with Crippen LogP contribution in [0.5, 0.6) is 0 Å². The van der Waals surface area contributed by atoms with E-state index in [4.69, 9.17) is 23.2 Å². The van der Waals surface area contributed by atoms with E-state index in [2.05, 4.69) is 5.32 Å². The maximum atomic E-state index is 11.6. The molecule has 0 unspecified atom stereocenters. The van der Waals surface area contributed by atoms with Gasteiger partial charge < -0.3 is 0 Å². The second kappa shape index (κ2) is 4.31. The monoisotopic (exact) mass is 258 g/mol. The third kappa shape index (κ3) is 2.13. The highest BCUT2D eigenvalue weighted by molar-refractivity contribution is 6.36. The van der Waals surface area contributed by atoms with Gasteiger partial charge in [-0.1, -0.05) is 23.2 Å². The van der Waals surface area contributed by atoms with Crippen molar-refractivity contribution in [3.05, 3.63) is 28.2 Å². The van der Waals surface area contributed by atoms with E-state index in [0.717, 1.165) is 0 Å². The number of halogens is 2. The fourth-order valence-corrected chi connectivity index (χ4v) is 1.87. The number of urea groups is 1. The van der Waals surface area contributed by atoms with Gasteiger partial charge >= 0.3 is 6.03 Å². The minimum Gasteiger partial charge on any atom is -0.292 e. The van der Waals surface area contributed by atoms with Gasteiger partial charge in [-0.05, 0) is 18.2 Å². The van der Waals surface area contributed by atoms with Crippen molar-refractivity contribution >= 4 is 40.8 Å². The maximum Gasteiger partial charge on any atom is 0.328 e. The fourth-order valence-electron chi connectivity index (χ4n) is 1.49. The second-order valence-corrected chi connectivity index (χ2v) is 4.19. The number of hydrogen-bond acceptors (Lipinski definition) is 2. The molecule has 1 aliphatic heterocycles. The number of anilines is 1. The van der Waals surface area contributed by atoms with Crippen molar-refractivity contribution in [2.24, 2.45) is 0 Å². The molecule has 3 amide bonds. The van der Waals surface area contributed by atoms with Gasteiger partial charge in [-0.25, -0.2) is 4.79 Å². The Hall–Kier alpha value is -1.26. The molecule has 1 N–H and O–H groups in total. The molecule has 6 heteroatoms. The molecule has 0 aliphatic carbocycles. The fraction of sp³-hybridized carbons (Fsp3) is 0.200. The first kappa shape index (κ1) is 11.2. The molecule has 1 fully saturated rings. The Morgan fingerprint density at radius 3 is 2.69 bits per heavy atom. The summed E-state index contributed by atoms with van der Waals surface area (Å²) in [5.74, 6) is -0.278. The first-order chi connectivity index (χ1) is 7.58. The Labute approximate surface area is 102 Å². The van der Waals surface area contributed by atoms with Crippen LogP contribution in [0.4, 0.5) is 10.5 Å². The first-order valence-corrected chi connectivity index (χ1v) is 5.40. The molecule has 0 spiro atoms. The summed E-state index contributed by atoms with van der Waals surface area (Å²) < 4.78 is 0. The van der Waals surface area contributed by atoms with Crippen molar-refractivity contribution in [1.29, 1.82) is 0 Å². The van der Waals surface area contributed by atoms with Crippen molar-refractivity contribution in [3.8, 4) is 0 Å². The average Bonchev–Trinajstić information content (AvgIpc) is 2.22. The number of nitrogens with one attached hydrogen (secondary N) is 1. The summed E-state index contributed by atoms with van der Waals surface area (Å²) in [6, 6.07) is 4.38. The molecule has 1 aliphatic rings. The van der Waals surface area contributed by atoms with Gasteiger partial charge in [0.1, 0.15) is 0 Å². The Morgan fingerprint density at radius 2 is 2.00 bits per heavy atom. The molecular formula is C10H8Cl2N2O2. The molecular weight excluding hydrogens is 251 g/mol. The van der Waals surface area contributed by atoms with E-state index >= 15 is 0 Å². The van der Waals surface area contributed by atoms with Crippen molar-refractivity contribution in [3.63, 3.8) is 0 Å². The predicted molar refractivity (Wildman–Crippen MR) is 62.0 cm³/mol. The van der Waals surface area contributed by atoms with E-state index < -0.39 is 6.03 Å². The molecule has 0 radical (unpaired) electrons. The van der Waals surface area contributed by atoms with Gasteiger partial charge in [-0.3, -0.25) is 15.0 Å². The highest BCUT2D eigenvalue weighted by Gasteiger charge is 2.25. The predicted octanol–water partition coefficient (Wildman–Crippen LogP) is 2.44. The number of nitrogens with zero attached hydrogens (tertiary/aromatic N) is 1. The minimum absolute atomic E-state index is 0.259. The molecule has 1 saturated heterocycles. The van der Waals surface area contributed by atoms with Crippen LogP contribution in [0.2, 0.25) is 10.0 Å². The molecule has 1 aromatic rings. The van der Waals surface area contributed by atoms with Crippen molar-refractivity contribution in [2.45, 2.75) is 6.42 Å². The number of carbonyl (C=O) groups excluding carboxylic acids is 2. The molecule has 2 rings (SSSR count). The summed E-state index contributed by atoms with van der Waals surface area (Å²) in [6.07, 6.45) is 0.259. The number of benzene rings is 1. The lowest BCUT2D eigenvalue weighted by Gasteiger charge is -2.27. The first-order valence-electron chi connectivity index (χ1n) is 4.64. The van der Waals surface area contributed by atoms with Gasteiger partial charge in [0, 0.05) is 18.0 Å². The van der Waals surface area contributed by atoms with Gasteiger partial charge in [0.05, 0.1) is 10.7 Å². The van der Waals surface area contributed by atoms with Crippen LogP contribution in [-0.4, -0.2) is 18.5 Å². The van der Waals surface area contributed by atoms with Gasteiger partial charge in [0.25, 0.3) is 0 Å². The highest BCUT2D eigenvalue weighted by Crippen LogP contribution is 2.29. The SMILES string of the molecule is O=C1CCN(c2cc(Cl)ccc2Cl)C(=O)N1. The minimum atomic E-state index is -0.472. The van der Waals surface area contributed by atoms with E-state index in [1.54, 1.807) is 18.2 Å². The lowest BCUT2D eigenvalue weighted by atomic mass is 10.2. The van der Waals surface area contributed by atoms with Crippen LogP contribution in [0, 0.1) is 0 Å². The Bertz CT molecular complexity index is 462. The molecule has 84 valence electrons. The van der Waals surface area contributed by atoms with Crippen molar-refractivity contribution < 1.29 is 9.59 Å². The molecule has 16 heavy (non-hydrogen) atoms. The third-order valence-electron chi connectivity index (χ3n) is 2.25. The summed E-state index contributed by atoms with van der Waals surface area (Å²) in [5, 5.41) is 3.14. The zero-order valence-electron chi connectivity index (χ0n) is 8.17. The second-order valence-electron chi connectivity index (χ2n) is 3.35. The van der Waals surface area contributed by atoms with Crippen LogP contribution >= 0.6 is 23.2 Å². The summed E-state index contributed by atoms with van der Waals surface area (Å²) in [4.78, 5) is 23.9. The summed E-state index contributed by atoms with van der Waals surface area (Å²) >= 11 is 11.8. The number of amides is 3. The lowest BCUT2D eigenvalue weighted by molar-refractivity contribution is -0.120. The van der Waals surface area contributed by atoms with Crippen molar-refractivity contribution in [2.75, 3.05) is 11.4 Å². The third-order valence-corrected chi connectivity index (χ3v) is 2.81. The van der Waals surface area contributed by atoms with E-state index in [-0.39, 0.29) is 12.3 Å². The van der Waals surface area contributed by atoms with Gasteiger partial charge in [-0.2, -0.15) is 0 Å². The zero-order valence-corrected chi connectivity index (χ0v) is 9.68. The molecule has 4 nitrogen and oxygen atoms in total. The molecule has 0 aromatic heterocycles. The molecule has 1 aromatic carbocycles. The highest BCUT2D eigenvalue weighted by atomic mass is 35.5. The summed E-state index contributed by atoms with van der Waals surface area (Å²) in [5.41, 5.74) is 0.513. The number of rotatable bonds is 1. The van der Waals surface area contributed by atoms with Crippen LogP contribution < -0.4 is 10.2 Å². The number of carbonyl (C=O) groups is 2. The molecule has 0 atom stereocenters. The van der Waals surface area contributed by atoms with E-state index in [1.165, 1.54) is 4.90 Å². The van der Waals surface area contributed by atoms with Crippen LogP contribution in [0.1, 0.15) is 6.42 Å². The van der Waals surface area contributed by atoms with Crippen LogP contribution in [0.25, 0.3) is 0 Å². The summed E-state index contributed by atoms with van der Waals surface area (Å²) in [6.45, 7) is 0.310. The Balaban J connectivity index is 2.33. The van der Waals surface area contributed by atoms with E-state index in [0.29, 0.717) is 22.3 Å². The van der Waals surface area contributed by atoms with Crippen LogP contribution in [0.15, 0.2) is 18.2 Å². The van der Waals surface area contributed by atoms with Gasteiger partial charge in [0.2, 0.25) is 5.91 Å². The van der Waals surface area contributed by atoms with E-state index in [1.807, 2.05) is 0 Å². The van der Waals surface area contributed by atoms with Crippen LogP contribution in [0.3, 0.4) is 0 Å². The standard InChI is InChI=1S/C10H8Cl2N2O2/c11-6-1-2-7(12)8(5-6)14-4-3-9(15)13-10(14)16/h1-2,5H,3-4H2,(H,13,15,16). The smallest absolute Gasteiger partial charge is 0.292 e. The van der Waals surface area contributed by atoms with Gasteiger partial charge in [0.15, 0.2) is 0 Å². The number of hydrogen-bond donors (Lipinski definition) is 1. The number of imide groups is 1. The van der Waals surface area contributed by atoms with E-state index in [9.17, 15) is 9.59 Å². The quantitative estimate of drug-likeness (QED) is 0.842. The lowest BCUT2D eigenvalue weighted by Crippen LogP contribution is -2.49. The molecule has 1 heterocycles. The normalized spacial score (nSPS) is 16.2. The Kier molecular flexibility index (Phi) is 3.03. The maximum absolute atomic E-state index is 11.6. The molecule has 0 saturated carbocycles. The topological polar surface area (TPSA) is 49.4 Å². The Morgan fingerprint density at radius 1 is 1.25 bits per heavy atom. The average molecular weight is 259 g/mol. The van der Waals surface area contributed by atoms with Crippen LogP contribution in [-0.2, 0) is 4.79 Å². The largest absolute Gasteiger partial charge is 0.328 e. The van der Waals surface area contributed by atoms with Gasteiger partial charge in [-0.15, -0.1) is 0 Å². The summed E-state index contributed by atoms with van der Waals surface area (Å²) in [7, 11) is 0. The van der Waals surface area contributed by atoms with Crippen molar-refractivity contribution in [1.82, 2.24) is 5.32 Å². The zero-order chi connectivity index (χ0) is 11.7.